The zero-order valence-electron chi connectivity index (χ0n) is 38.7. The molecule has 5 aliphatic rings. The van der Waals surface area contributed by atoms with Gasteiger partial charge >= 0.3 is 0 Å². The Labute approximate surface area is 407 Å². The average molecular weight is 963 g/mol. The van der Waals surface area contributed by atoms with Gasteiger partial charge in [-0.15, -0.1) is 11.6 Å². The summed E-state index contributed by atoms with van der Waals surface area (Å²) < 4.78 is 11.8. The lowest BCUT2D eigenvalue weighted by atomic mass is 9.77. The normalized spacial score (nSPS) is 20.5. The Bertz CT molecular complexity index is 2580. The van der Waals surface area contributed by atoms with E-state index in [1.165, 1.54) is 7.05 Å². The second kappa shape index (κ2) is 20.0. The number of benzene rings is 3. The highest BCUT2D eigenvalue weighted by atomic mass is 35.5. The van der Waals surface area contributed by atoms with Crippen LogP contribution < -0.4 is 24.6 Å². The first kappa shape index (κ1) is 47.3. The van der Waals surface area contributed by atoms with E-state index in [2.05, 4.69) is 49.8 Å². The van der Waals surface area contributed by atoms with E-state index in [4.69, 9.17) is 37.7 Å². The van der Waals surface area contributed by atoms with Crippen molar-refractivity contribution in [3.8, 4) is 17.6 Å². The predicted molar refractivity (Wildman–Crippen MR) is 259 cm³/mol. The van der Waals surface area contributed by atoms with Crippen molar-refractivity contribution in [3.05, 3.63) is 105 Å². The number of carbonyl (C=O) groups is 4. The number of nitrogens with zero attached hydrogens (tertiary/aromatic N) is 8. The highest BCUT2D eigenvalue weighted by Crippen LogP contribution is 2.40. The van der Waals surface area contributed by atoms with Crippen LogP contribution in [0.3, 0.4) is 0 Å². The lowest BCUT2D eigenvalue weighted by Crippen LogP contribution is -2.62. The second-order valence-corrected chi connectivity index (χ2v) is 19.8. The quantitative estimate of drug-likeness (QED) is 0.0753. The summed E-state index contributed by atoms with van der Waals surface area (Å²) in [4.78, 5) is 70.9. The predicted octanol–water partition coefficient (Wildman–Crippen LogP) is 5.94. The number of aromatic nitrogens is 2. The standard InChI is InChI=1S/C51H57Cl2N9O6/c1-51(2,36-21-32(24-54)46(44(53)22-36)67-20-15-52)35-6-9-41(10-7-35)68-31-37-12-16-56-50(57-37)61-27-33-25-59(26-34(33)28-61)38-13-17-58(18-14-38)40-29-60(30-40)39-8-11-42-43(23-39)49(66)62(48(42)65)45(5-4-19-63)47(64)55-3/h6-12,16,19,21-23,33-34,38,40,45H,4-5,13-15,17-18,20,25-31H2,1-3H3,(H,55,64)/t33-,34+,45?. The number of ether oxygens (including phenoxy) is 2. The van der Waals surface area contributed by atoms with Crippen molar-refractivity contribution in [1.29, 1.82) is 5.26 Å². The molecule has 17 heteroatoms. The molecule has 4 saturated heterocycles. The molecular weight excluding hydrogens is 906 g/mol. The van der Waals surface area contributed by atoms with Crippen molar-refractivity contribution in [2.24, 2.45) is 11.8 Å². The molecule has 15 nitrogen and oxygen atoms in total. The first-order chi connectivity index (χ1) is 32.9. The molecule has 0 bridgehead atoms. The Morgan fingerprint density at radius 1 is 0.897 bits per heavy atom. The van der Waals surface area contributed by atoms with Crippen LogP contribution in [0.1, 0.15) is 82.6 Å². The van der Waals surface area contributed by atoms with Crippen LogP contribution in [0.25, 0.3) is 0 Å². The molecule has 1 aromatic heterocycles. The zero-order chi connectivity index (χ0) is 47.7. The van der Waals surface area contributed by atoms with E-state index in [1.54, 1.807) is 12.1 Å². The molecule has 0 aliphatic carbocycles. The van der Waals surface area contributed by atoms with Crippen LogP contribution >= 0.6 is 23.2 Å². The Morgan fingerprint density at radius 3 is 2.29 bits per heavy atom. The van der Waals surface area contributed by atoms with Crippen LogP contribution in [0, 0.1) is 23.2 Å². The van der Waals surface area contributed by atoms with Gasteiger partial charge in [-0.1, -0.05) is 37.6 Å². The largest absolute Gasteiger partial charge is 0.489 e. The van der Waals surface area contributed by atoms with Gasteiger partial charge in [0.2, 0.25) is 11.9 Å². The molecule has 68 heavy (non-hydrogen) atoms. The molecule has 0 radical (unpaired) electrons. The SMILES string of the molecule is CNC(=O)C(CCC=O)N1C(=O)c2ccc(N3CC(N4CCC(N5C[C@H]6CN(c7nccc(COc8ccc(C(C)(C)c9cc(Cl)c(OCCCl)c(C#N)c9)cc8)n7)C[C@H]6C5)CC4)C3)cc2C1=O. The third kappa shape index (κ3) is 9.36. The highest BCUT2D eigenvalue weighted by molar-refractivity contribution is 6.32. The molecule has 3 atom stereocenters. The lowest BCUT2D eigenvalue weighted by molar-refractivity contribution is -0.124. The molecule has 4 fully saturated rings. The summed E-state index contributed by atoms with van der Waals surface area (Å²) in [6.07, 6.45) is 4.96. The number of alkyl halides is 1. The van der Waals surface area contributed by atoms with Gasteiger partial charge in [-0.2, -0.15) is 5.26 Å². The van der Waals surface area contributed by atoms with Crippen LogP contribution in [0.15, 0.2) is 66.9 Å². The van der Waals surface area contributed by atoms with Gasteiger partial charge in [-0.3, -0.25) is 29.1 Å². The number of piperidine rings is 1. The van der Waals surface area contributed by atoms with Gasteiger partial charge in [-0.25, -0.2) is 9.97 Å². The van der Waals surface area contributed by atoms with E-state index in [0.29, 0.717) is 70.2 Å². The number of aldehydes is 1. The Hall–Kier alpha value is -5.79. The highest BCUT2D eigenvalue weighted by Gasteiger charge is 2.45. The Balaban J connectivity index is 0.721. The molecule has 5 aliphatic heterocycles. The summed E-state index contributed by atoms with van der Waals surface area (Å²) in [5, 5.41) is 12.7. The number of halogens is 2. The number of rotatable bonds is 17. The number of fused-ring (bicyclic) bond motifs is 2. The van der Waals surface area contributed by atoms with E-state index in [-0.39, 0.29) is 19.4 Å². The number of imide groups is 1. The van der Waals surface area contributed by atoms with Crippen molar-refractivity contribution >= 4 is 58.8 Å². The summed E-state index contributed by atoms with van der Waals surface area (Å²) in [6, 6.07) is 21.1. The maximum Gasteiger partial charge on any atom is 0.262 e. The fourth-order valence-electron chi connectivity index (χ4n) is 10.7. The third-order valence-electron chi connectivity index (χ3n) is 14.7. The van der Waals surface area contributed by atoms with Gasteiger partial charge in [-0.05, 0) is 90.8 Å². The van der Waals surface area contributed by atoms with Crippen molar-refractivity contribution in [1.82, 2.24) is 30.0 Å². The number of carbonyl (C=O) groups excluding carboxylic acids is 4. The Kier molecular flexibility index (Phi) is 13.9. The fraction of sp³-hybridized carbons (Fsp3) is 0.471. The van der Waals surface area contributed by atoms with Gasteiger partial charge < -0.3 is 29.4 Å². The smallest absolute Gasteiger partial charge is 0.262 e. The van der Waals surface area contributed by atoms with Crippen LogP contribution in [-0.4, -0.2) is 139 Å². The molecule has 6 heterocycles. The number of nitrogens with one attached hydrogen (secondary N) is 1. The minimum absolute atomic E-state index is 0.0706. The maximum absolute atomic E-state index is 13.5. The maximum atomic E-state index is 13.5. The summed E-state index contributed by atoms with van der Waals surface area (Å²) in [7, 11) is 1.46. The summed E-state index contributed by atoms with van der Waals surface area (Å²) in [5.74, 6) is 1.84. The van der Waals surface area contributed by atoms with Gasteiger partial charge in [0.05, 0.1) is 33.3 Å². The third-order valence-corrected chi connectivity index (χ3v) is 15.2. The van der Waals surface area contributed by atoms with Crippen LogP contribution in [0.2, 0.25) is 5.02 Å². The molecular formula is C51H57Cl2N9O6. The van der Waals surface area contributed by atoms with Gasteiger partial charge in [0.15, 0.2) is 5.75 Å². The number of likely N-dealkylation sites (N-methyl/N-ethyl adjacent to an activating group) is 1. The van der Waals surface area contributed by atoms with Crippen LogP contribution in [-0.2, 0) is 21.6 Å². The summed E-state index contributed by atoms with van der Waals surface area (Å²) >= 11 is 12.4. The summed E-state index contributed by atoms with van der Waals surface area (Å²) in [6.45, 7) is 12.7. The molecule has 0 saturated carbocycles. The van der Waals surface area contributed by atoms with Crippen molar-refractivity contribution in [2.75, 3.05) is 81.7 Å². The van der Waals surface area contributed by atoms with Gasteiger partial charge in [0.1, 0.15) is 37.4 Å². The van der Waals surface area contributed by atoms with E-state index >= 15 is 0 Å². The number of hydrogen-bond acceptors (Lipinski definition) is 13. The van der Waals surface area contributed by atoms with Crippen molar-refractivity contribution in [2.45, 2.75) is 69.7 Å². The molecule has 3 aromatic carbocycles. The summed E-state index contributed by atoms with van der Waals surface area (Å²) in [5.41, 5.74) is 4.18. The minimum atomic E-state index is -1.03. The molecule has 4 aromatic rings. The number of amides is 3. The molecule has 1 unspecified atom stereocenters. The topological polar surface area (TPSA) is 165 Å². The molecule has 356 valence electrons. The van der Waals surface area contributed by atoms with E-state index in [9.17, 15) is 24.4 Å². The number of nitriles is 1. The van der Waals surface area contributed by atoms with Gasteiger partial charge in [0, 0.05) is 95.2 Å². The van der Waals surface area contributed by atoms with Crippen molar-refractivity contribution in [3.63, 3.8) is 0 Å². The van der Waals surface area contributed by atoms with E-state index < -0.39 is 29.2 Å². The van der Waals surface area contributed by atoms with E-state index in [1.807, 2.05) is 54.7 Å². The second-order valence-electron chi connectivity index (χ2n) is 19.1. The lowest BCUT2D eigenvalue weighted by Gasteiger charge is -2.49. The van der Waals surface area contributed by atoms with Crippen molar-refractivity contribution < 1.29 is 28.7 Å². The molecule has 9 rings (SSSR count). The fourth-order valence-corrected chi connectivity index (χ4v) is 11.1. The van der Waals surface area contributed by atoms with Crippen LogP contribution in [0.4, 0.5) is 11.6 Å². The first-order valence-corrected chi connectivity index (χ1v) is 24.4. The number of anilines is 2. The van der Waals surface area contributed by atoms with E-state index in [0.717, 1.165) is 104 Å². The zero-order valence-corrected chi connectivity index (χ0v) is 40.2. The Morgan fingerprint density at radius 2 is 1.62 bits per heavy atom. The molecule has 0 spiro atoms. The number of likely N-dealkylation sites (tertiary alicyclic amines) is 2. The molecule has 3 amide bonds. The minimum Gasteiger partial charge on any atom is -0.489 e. The van der Waals surface area contributed by atoms with Crippen LogP contribution in [0.5, 0.6) is 11.5 Å². The monoisotopic (exact) mass is 961 g/mol. The molecule has 1 N–H and O–H groups in total. The van der Waals surface area contributed by atoms with Gasteiger partial charge in [0.25, 0.3) is 11.8 Å². The average Bonchev–Trinajstić information content (AvgIpc) is 4.00. The first-order valence-electron chi connectivity index (χ1n) is 23.5. The number of hydrogen-bond donors (Lipinski definition) is 1.